The van der Waals surface area contributed by atoms with Gasteiger partial charge in [0.05, 0.1) is 17.1 Å². The fourth-order valence-electron chi connectivity index (χ4n) is 1.33. The van der Waals surface area contributed by atoms with Gasteiger partial charge in [-0.05, 0) is 5.75 Å². The summed E-state index contributed by atoms with van der Waals surface area (Å²) in [5.41, 5.74) is 0.853. The van der Waals surface area contributed by atoms with Crippen molar-refractivity contribution < 1.29 is 9.90 Å². The van der Waals surface area contributed by atoms with Crippen molar-refractivity contribution in [2.45, 2.75) is 11.8 Å². The van der Waals surface area contributed by atoms with Crippen LogP contribution in [-0.4, -0.2) is 32.0 Å². The van der Waals surface area contributed by atoms with Gasteiger partial charge in [-0.3, -0.25) is 5.10 Å². The van der Waals surface area contributed by atoms with Gasteiger partial charge >= 0.3 is 5.97 Å². The minimum Gasteiger partial charge on any atom is -0.478 e. The highest BCUT2D eigenvalue weighted by Gasteiger charge is 2.15. The Kier molecular flexibility index (Phi) is 2.59. The first-order chi connectivity index (χ1) is 7.24. The van der Waals surface area contributed by atoms with Gasteiger partial charge in [-0.2, -0.15) is 5.10 Å². The summed E-state index contributed by atoms with van der Waals surface area (Å²) in [5.74, 6) is -0.147. The SMILES string of the molecule is CCSc1c(C(=O)O)cnc2[nH]ncc12. The molecule has 0 radical (unpaired) electrons. The van der Waals surface area contributed by atoms with Crippen molar-refractivity contribution in [3.05, 3.63) is 18.0 Å². The van der Waals surface area contributed by atoms with Crippen molar-refractivity contribution in [1.82, 2.24) is 15.2 Å². The van der Waals surface area contributed by atoms with Gasteiger partial charge in [0.2, 0.25) is 0 Å². The predicted molar refractivity (Wildman–Crippen MR) is 57.2 cm³/mol. The van der Waals surface area contributed by atoms with Crippen molar-refractivity contribution in [2.24, 2.45) is 0 Å². The molecule has 0 unspecified atom stereocenters. The molecule has 2 heterocycles. The number of carboxylic acid groups (broad SMARTS) is 1. The molecule has 2 aromatic heterocycles. The van der Waals surface area contributed by atoms with Crippen LogP contribution in [0.3, 0.4) is 0 Å². The van der Waals surface area contributed by atoms with Crippen molar-refractivity contribution in [1.29, 1.82) is 0 Å². The maximum Gasteiger partial charge on any atom is 0.338 e. The normalized spacial score (nSPS) is 10.7. The van der Waals surface area contributed by atoms with E-state index in [1.807, 2.05) is 6.92 Å². The summed E-state index contributed by atoms with van der Waals surface area (Å²) in [4.78, 5) is 15.7. The molecule has 0 aliphatic heterocycles. The number of carbonyl (C=O) groups is 1. The van der Waals surface area contributed by atoms with Gasteiger partial charge in [-0.25, -0.2) is 9.78 Å². The highest BCUT2D eigenvalue weighted by atomic mass is 32.2. The summed E-state index contributed by atoms with van der Waals surface area (Å²) in [6, 6.07) is 0. The van der Waals surface area contributed by atoms with Crippen molar-refractivity contribution in [2.75, 3.05) is 5.75 Å². The molecule has 0 saturated heterocycles. The number of nitrogens with one attached hydrogen (secondary N) is 1. The molecule has 0 atom stereocenters. The van der Waals surface area contributed by atoms with Crippen LogP contribution in [0.5, 0.6) is 0 Å². The number of aromatic carboxylic acids is 1. The summed E-state index contributed by atoms with van der Waals surface area (Å²) in [6.07, 6.45) is 2.97. The number of carboxylic acids is 1. The first-order valence-corrected chi connectivity index (χ1v) is 5.40. The second-order valence-corrected chi connectivity index (χ2v) is 4.15. The third kappa shape index (κ3) is 1.68. The Labute approximate surface area is 89.9 Å². The molecule has 78 valence electrons. The molecule has 6 heteroatoms. The topological polar surface area (TPSA) is 78.9 Å². The smallest absolute Gasteiger partial charge is 0.338 e. The molecule has 0 aliphatic carbocycles. The third-order valence-corrected chi connectivity index (χ3v) is 2.97. The average molecular weight is 223 g/mol. The minimum atomic E-state index is -0.957. The summed E-state index contributed by atoms with van der Waals surface area (Å²) < 4.78 is 0. The van der Waals surface area contributed by atoms with Crippen LogP contribution in [0.1, 0.15) is 17.3 Å². The Balaban J connectivity index is 2.69. The fraction of sp³-hybridized carbons (Fsp3) is 0.222. The molecule has 0 spiro atoms. The molecule has 0 aromatic carbocycles. The molecule has 2 N–H and O–H groups in total. The van der Waals surface area contributed by atoms with E-state index in [1.165, 1.54) is 18.0 Å². The Morgan fingerprint density at radius 1 is 1.60 bits per heavy atom. The average Bonchev–Trinajstić information content (AvgIpc) is 2.66. The van der Waals surface area contributed by atoms with Crippen LogP contribution in [0.25, 0.3) is 11.0 Å². The lowest BCUT2D eigenvalue weighted by atomic mass is 10.2. The number of fused-ring (bicyclic) bond motifs is 1. The van der Waals surface area contributed by atoms with Crippen molar-refractivity contribution in [3.8, 4) is 0 Å². The second kappa shape index (κ2) is 3.90. The van der Waals surface area contributed by atoms with Gasteiger partial charge in [0.1, 0.15) is 0 Å². The number of aromatic nitrogens is 3. The summed E-state index contributed by atoms with van der Waals surface area (Å²) in [6.45, 7) is 1.97. The van der Waals surface area contributed by atoms with Gasteiger partial charge in [0.15, 0.2) is 5.65 Å². The predicted octanol–water partition coefficient (Wildman–Crippen LogP) is 1.77. The van der Waals surface area contributed by atoms with Crippen LogP contribution in [0.2, 0.25) is 0 Å². The molecule has 0 bridgehead atoms. The molecule has 0 saturated carbocycles. The monoisotopic (exact) mass is 223 g/mol. The Morgan fingerprint density at radius 3 is 3.07 bits per heavy atom. The van der Waals surface area contributed by atoms with Gasteiger partial charge in [0, 0.05) is 11.1 Å². The molecule has 15 heavy (non-hydrogen) atoms. The number of nitrogens with zero attached hydrogens (tertiary/aromatic N) is 2. The second-order valence-electron chi connectivity index (χ2n) is 2.87. The van der Waals surface area contributed by atoms with Crippen LogP contribution in [-0.2, 0) is 0 Å². The number of hydrogen-bond acceptors (Lipinski definition) is 4. The first-order valence-electron chi connectivity index (χ1n) is 4.42. The maximum atomic E-state index is 11.0. The van der Waals surface area contributed by atoms with Gasteiger partial charge in [-0.1, -0.05) is 6.92 Å². The summed E-state index contributed by atoms with van der Waals surface area (Å²) >= 11 is 1.48. The molecule has 0 aliphatic rings. The number of thioether (sulfide) groups is 1. The quantitative estimate of drug-likeness (QED) is 0.775. The lowest BCUT2D eigenvalue weighted by Gasteiger charge is -2.04. The van der Waals surface area contributed by atoms with Crippen LogP contribution in [0, 0.1) is 0 Å². The lowest BCUT2D eigenvalue weighted by Crippen LogP contribution is -2.00. The molecule has 2 rings (SSSR count). The van der Waals surface area contributed by atoms with E-state index in [9.17, 15) is 4.79 Å². The van der Waals surface area contributed by atoms with E-state index < -0.39 is 5.97 Å². The van der Waals surface area contributed by atoms with E-state index >= 15 is 0 Å². The molecule has 2 aromatic rings. The lowest BCUT2D eigenvalue weighted by molar-refractivity contribution is 0.0693. The van der Waals surface area contributed by atoms with Crippen molar-refractivity contribution >= 4 is 28.8 Å². The zero-order valence-electron chi connectivity index (χ0n) is 8.02. The zero-order chi connectivity index (χ0) is 10.8. The Hall–Kier alpha value is -1.56. The number of rotatable bonds is 3. The number of hydrogen-bond donors (Lipinski definition) is 2. The largest absolute Gasteiger partial charge is 0.478 e. The Morgan fingerprint density at radius 2 is 2.40 bits per heavy atom. The fourth-order valence-corrected chi connectivity index (χ4v) is 2.22. The van der Waals surface area contributed by atoms with E-state index in [0.29, 0.717) is 5.65 Å². The van der Waals surface area contributed by atoms with Gasteiger partial charge in [-0.15, -0.1) is 11.8 Å². The van der Waals surface area contributed by atoms with E-state index in [-0.39, 0.29) is 5.56 Å². The molecular weight excluding hydrogens is 214 g/mol. The van der Waals surface area contributed by atoms with Crippen LogP contribution >= 0.6 is 11.8 Å². The highest BCUT2D eigenvalue weighted by molar-refractivity contribution is 7.99. The minimum absolute atomic E-state index is 0.232. The molecule has 0 amide bonds. The van der Waals surface area contributed by atoms with Crippen LogP contribution < -0.4 is 0 Å². The summed E-state index contributed by atoms with van der Waals surface area (Å²) in [7, 11) is 0. The highest BCUT2D eigenvalue weighted by Crippen LogP contribution is 2.29. The molecular formula is C9H9N3O2S. The molecule has 5 nitrogen and oxygen atoms in total. The maximum absolute atomic E-state index is 11.0. The third-order valence-electron chi connectivity index (χ3n) is 1.95. The van der Waals surface area contributed by atoms with Crippen molar-refractivity contribution in [3.63, 3.8) is 0 Å². The first kappa shape index (κ1) is 9.97. The van der Waals surface area contributed by atoms with E-state index in [0.717, 1.165) is 16.0 Å². The zero-order valence-corrected chi connectivity index (χ0v) is 8.84. The number of pyridine rings is 1. The van der Waals surface area contributed by atoms with Gasteiger partial charge < -0.3 is 5.11 Å². The number of aromatic amines is 1. The van der Waals surface area contributed by atoms with Crippen LogP contribution in [0.4, 0.5) is 0 Å². The van der Waals surface area contributed by atoms with E-state index in [2.05, 4.69) is 15.2 Å². The number of H-pyrrole nitrogens is 1. The Bertz CT molecular complexity index is 509. The summed E-state index contributed by atoms with van der Waals surface area (Å²) in [5, 5.41) is 16.3. The van der Waals surface area contributed by atoms with Gasteiger partial charge in [0.25, 0.3) is 0 Å². The van der Waals surface area contributed by atoms with E-state index in [1.54, 1.807) is 6.20 Å². The van der Waals surface area contributed by atoms with Crippen LogP contribution in [0.15, 0.2) is 17.3 Å². The molecule has 0 fully saturated rings. The standard InChI is InChI=1S/C9H9N3O2S/c1-2-15-7-5-4-11-12-8(5)10-3-6(7)9(13)14/h3-4H,2H2,1H3,(H,13,14)(H,10,11,12). The van der Waals surface area contributed by atoms with E-state index in [4.69, 9.17) is 5.11 Å².